The number of anilines is 1. The molecule has 2 rings (SSSR count). The van der Waals surface area contributed by atoms with Crippen LogP contribution in [-0.2, 0) is 9.59 Å². The van der Waals surface area contributed by atoms with Crippen LogP contribution in [0.25, 0.3) is 0 Å². The Morgan fingerprint density at radius 2 is 2.25 bits per heavy atom. The van der Waals surface area contributed by atoms with E-state index >= 15 is 0 Å². The summed E-state index contributed by atoms with van der Waals surface area (Å²) in [5.41, 5.74) is 5.66. The molecule has 2 amide bonds. The topological polar surface area (TPSA) is 81.4 Å². The first-order valence-electron chi connectivity index (χ1n) is 6.61. The van der Waals surface area contributed by atoms with Gasteiger partial charge in [0.25, 0.3) is 5.91 Å². The molecule has 1 unspecified atom stereocenters. The molecule has 5 nitrogen and oxygen atoms in total. The number of hydrogen-bond donors (Lipinski definition) is 2. The molecule has 1 aromatic rings. The lowest BCUT2D eigenvalue weighted by molar-refractivity contribution is -0.120. The second kappa shape index (κ2) is 6.75. The number of amides is 2. The van der Waals surface area contributed by atoms with Crippen LogP contribution in [0.3, 0.4) is 0 Å². The van der Waals surface area contributed by atoms with Crippen LogP contribution in [0.2, 0.25) is 0 Å². The van der Waals surface area contributed by atoms with E-state index in [2.05, 4.69) is 17.5 Å². The lowest BCUT2D eigenvalue weighted by Crippen LogP contribution is -2.20. The number of nitrogens with two attached hydrogens (primary N) is 1. The van der Waals surface area contributed by atoms with E-state index in [1.807, 2.05) is 0 Å². The van der Waals surface area contributed by atoms with Crippen LogP contribution < -0.4 is 15.8 Å². The van der Waals surface area contributed by atoms with Gasteiger partial charge < -0.3 is 15.8 Å². The second-order valence-corrected chi connectivity index (χ2v) is 4.80. The summed E-state index contributed by atoms with van der Waals surface area (Å²) in [6.45, 7) is -0.176. The maximum atomic E-state index is 11.9. The number of hydrogen-bond acceptors (Lipinski definition) is 3. The minimum atomic E-state index is -0.535. The van der Waals surface area contributed by atoms with Crippen molar-refractivity contribution in [1.82, 2.24) is 0 Å². The van der Waals surface area contributed by atoms with E-state index < -0.39 is 5.91 Å². The van der Waals surface area contributed by atoms with Gasteiger partial charge in [-0.15, -0.1) is 0 Å². The molecule has 0 bridgehead atoms. The maximum absolute atomic E-state index is 11.9. The number of benzene rings is 1. The molecule has 0 radical (unpaired) electrons. The fourth-order valence-electron chi connectivity index (χ4n) is 2.13. The molecule has 106 valence electrons. The third kappa shape index (κ3) is 4.42. The minimum absolute atomic E-state index is 0.0198. The first-order chi connectivity index (χ1) is 9.63. The summed E-state index contributed by atoms with van der Waals surface area (Å²) in [6.07, 6.45) is 6.77. The minimum Gasteiger partial charge on any atom is -0.484 e. The van der Waals surface area contributed by atoms with E-state index in [1.165, 1.54) is 0 Å². The third-order valence-corrected chi connectivity index (χ3v) is 3.06. The van der Waals surface area contributed by atoms with Gasteiger partial charge in [-0.25, -0.2) is 0 Å². The van der Waals surface area contributed by atoms with E-state index in [4.69, 9.17) is 10.5 Å². The van der Waals surface area contributed by atoms with Crippen LogP contribution in [0.15, 0.2) is 36.4 Å². The Hall–Kier alpha value is -2.30. The maximum Gasteiger partial charge on any atom is 0.255 e. The molecule has 5 heteroatoms. The van der Waals surface area contributed by atoms with Crippen molar-refractivity contribution in [2.45, 2.75) is 19.3 Å². The fourth-order valence-corrected chi connectivity index (χ4v) is 2.13. The van der Waals surface area contributed by atoms with Crippen LogP contribution in [0.1, 0.15) is 19.3 Å². The number of allylic oxidation sites excluding steroid dienone is 2. The molecule has 0 fully saturated rings. The summed E-state index contributed by atoms with van der Waals surface area (Å²) in [4.78, 5) is 22.5. The van der Waals surface area contributed by atoms with Crippen LogP contribution >= 0.6 is 0 Å². The van der Waals surface area contributed by atoms with E-state index in [0.717, 1.165) is 12.8 Å². The van der Waals surface area contributed by atoms with Crippen LogP contribution in [-0.4, -0.2) is 18.4 Å². The van der Waals surface area contributed by atoms with Gasteiger partial charge in [-0.05, 0) is 30.9 Å². The highest BCUT2D eigenvalue weighted by atomic mass is 16.5. The first-order valence-corrected chi connectivity index (χ1v) is 6.61. The predicted molar refractivity (Wildman–Crippen MR) is 76.2 cm³/mol. The smallest absolute Gasteiger partial charge is 0.255 e. The highest BCUT2D eigenvalue weighted by molar-refractivity contribution is 5.91. The van der Waals surface area contributed by atoms with Crippen molar-refractivity contribution in [2.75, 3.05) is 11.9 Å². The molecule has 0 spiro atoms. The van der Waals surface area contributed by atoms with Gasteiger partial charge in [-0.1, -0.05) is 18.2 Å². The molecule has 1 atom stereocenters. The Bertz CT molecular complexity index is 526. The highest BCUT2D eigenvalue weighted by Gasteiger charge is 2.14. The van der Waals surface area contributed by atoms with Crippen molar-refractivity contribution in [3.8, 4) is 5.75 Å². The Balaban J connectivity index is 1.88. The number of nitrogens with one attached hydrogen (secondary N) is 1. The van der Waals surface area contributed by atoms with Crippen molar-refractivity contribution in [3.63, 3.8) is 0 Å². The molecule has 1 aliphatic rings. The summed E-state index contributed by atoms with van der Waals surface area (Å²) in [6, 6.07) is 6.91. The Morgan fingerprint density at radius 3 is 2.95 bits per heavy atom. The fraction of sp³-hybridized carbons (Fsp3) is 0.333. The number of primary amides is 1. The zero-order valence-electron chi connectivity index (χ0n) is 11.2. The summed E-state index contributed by atoms with van der Waals surface area (Å²) in [5.74, 6) is 0.285. The Morgan fingerprint density at radius 1 is 1.40 bits per heavy atom. The van der Waals surface area contributed by atoms with Gasteiger partial charge in [0, 0.05) is 18.2 Å². The van der Waals surface area contributed by atoms with E-state index in [9.17, 15) is 9.59 Å². The molecular formula is C15H18N2O3. The van der Waals surface area contributed by atoms with Gasteiger partial charge in [0.1, 0.15) is 5.75 Å². The molecule has 0 heterocycles. The van der Waals surface area contributed by atoms with Gasteiger partial charge in [0.15, 0.2) is 6.61 Å². The number of carbonyl (C=O) groups is 2. The number of carbonyl (C=O) groups excluding carboxylic acids is 2. The molecule has 1 aliphatic carbocycles. The zero-order chi connectivity index (χ0) is 14.4. The standard InChI is InChI=1S/C15H18N2O3/c16-14(18)10-20-13-7-3-6-12(9-13)17-15(19)8-11-4-1-2-5-11/h1,3-4,6-7,9,11H,2,5,8,10H2,(H2,16,18)(H,17,19). The van der Waals surface area contributed by atoms with Crippen LogP contribution in [0, 0.1) is 5.92 Å². The van der Waals surface area contributed by atoms with E-state index in [1.54, 1.807) is 24.3 Å². The molecule has 0 aromatic heterocycles. The lowest BCUT2D eigenvalue weighted by Gasteiger charge is -2.10. The van der Waals surface area contributed by atoms with Gasteiger partial charge in [-0.2, -0.15) is 0 Å². The van der Waals surface area contributed by atoms with Crippen molar-refractivity contribution in [3.05, 3.63) is 36.4 Å². The van der Waals surface area contributed by atoms with Gasteiger partial charge in [0.05, 0.1) is 0 Å². The zero-order valence-corrected chi connectivity index (χ0v) is 11.2. The number of ether oxygens (including phenoxy) is 1. The van der Waals surface area contributed by atoms with Gasteiger partial charge in [0.2, 0.25) is 5.91 Å². The lowest BCUT2D eigenvalue weighted by atomic mass is 10.1. The molecule has 0 saturated heterocycles. The van der Waals surface area contributed by atoms with E-state index in [-0.39, 0.29) is 12.5 Å². The first kappa shape index (κ1) is 14.1. The molecule has 20 heavy (non-hydrogen) atoms. The summed E-state index contributed by atoms with van der Waals surface area (Å²) >= 11 is 0. The summed E-state index contributed by atoms with van der Waals surface area (Å²) in [7, 11) is 0. The quantitative estimate of drug-likeness (QED) is 0.777. The SMILES string of the molecule is NC(=O)COc1cccc(NC(=O)CC2C=CCC2)c1. The molecule has 0 saturated carbocycles. The van der Waals surface area contributed by atoms with Crippen molar-refractivity contribution in [1.29, 1.82) is 0 Å². The predicted octanol–water partition coefficient (Wildman–Crippen LogP) is 1.85. The Kier molecular flexibility index (Phi) is 4.76. The van der Waals surface area contributed by atoms with Crippen molar-refractivity contribution in [2.24, 2.45) is 11.7 Å². The largest absolute Gasteiger partial charge is 0.484 e. The average molecular weight is 274 g/mol. The second-order valence-electron chi connectivity index (χ2n) is 4.80. The van der Waals surface area contributed by atoms with Crippen LogP contribution in [0.4, 0.5) is 5.69 Å². The van der Waals surface area contributed by atoms with Crippen molar-refractivity contribution < 1.29 is 14.3 Å². The summed E-state index contributed by atoms with van der Waals surface area (Å²) < 4.78 is 5.19. The van der Waals surface area contributed by atoms with E-state index in [0.29, 0.717) is 23.8 Å². The highest BCUT2D eigenvalue weighted by Crippen LogP contribution is 2.22. The van der Waals surface area contributed by atoms with Gasteiger partial charge >= 0.3 is 0 Å². The average Bonchev–Trinajstić information content (AvgIpc) is 2.89. The summed E-state index contributed by atoms with van der Waals surface area (Å²) in [5, 5.41) is 2.83. The molecule has 1 aromatic carbocycles. The third-order valence-electron chi connectivity index (χ3n) is 3.06. The normalized spacial score (nSPS) is 16.9. The van der Waals surface area contributed by atoms with Gasteiger partial charge in [-0.3, -0.25) is 9.59 Å². The monoisotopic (exact) mass is 274 g/mol. The van der Waals surface area contributed by atoms with Crippen LogP contribution in [0.5, 0.6) is 5.75 Å². The number of rotatable bonds is 6. The molecular weight excluding hydrogens is 256 g/mol. The molecule has 3 N–H and O–H groups in total. The van der Waals surface area contributed by atoms with Crippen molar-refractivity contribution >= 4 is 17.5 Å². The Labute approximate surface area is 117 Å². The molecule has 0 aliphatic heterocycles.